The maximum atomic E-state index is 13.0. The fourth-order valence-corrected chi connectivity index (χ4v) is 5.37. The zero-order chi connectivity index (χ0) is 21.0. The van der Waals surface area contributed by atoms with E-state index >= 15 is 0 Å². The number of aryl methyl sites for hydroxylation is 1. The Kier molecular flexibility index (Phi) is 6.59. The molecule has 1 heterocycles. The molecule has 2 aromatic carbocycles. The molecular formula is C22H28N2O4S. The van der Waals surface area contributed by atoms with Crippen LogP contribution in [0.4, 0.5) is 0 Å². The van der Waals surface area contributed by atoms with E-state index in [0.29, 0.717) is 18.7 Å². The van der Waals surface area contributed by atoms with Gasteiger partial charge in [0.05, 0.1) is 12.0 Å². The summed E-state index contributed by atoms with van der Waals surface area (Å²) in [6, 6.07) is 12.0. The second kappa shape index (κ2) is 8.97. The predicted octanol–water partition coefficient (Wildman–Crippen LogP) is 3.50. The van der Waals surface area contributed by atoms with Crippen LogP contribution in [0.15, 0.2) is 47.4 Å². The lowest BCUT2D eigenvalue weighted by atomic mass is 10.1. The Bertz CT molecular complexity index is 988. The largest absolute Gasteiger partial charge is 0.496 e. The van der Waals surface area contributed by atoms with Crippen molar-refractivity contribution in [1.29, 1.82) is 0 Å². The Morgan fingerprint density at radius 2 is 2.00 bits per heavy atom. The van der Waals surface area contributed by atoms with Gasteiger partial charge in [0.15, 0.2) is 0 Å². The number of ether oxygens (including phenoxy) is 1. The van der Waals surface area contributed by atoms with Crippen molar-refractivity contribution < 1.29 is 17.9 Å². The second-order valence-corrected chi connectivity index (χ2v) is 9.37. The van der Waals surface area contributed by atoms with Crippen molar-refractivity contribution in [3.63, 3.8) is 0 Å². The SMILES string of the molecule is COc1cc(CNC(=O)c2cccc(S(=O)(=O)N3CCCCC3C)c2)ccc1C. The van der Waals surface area contributed by atoms with E-state index in [1.807, 2.05) is 32.0 Å². The lowest BCUT2D eigenvalue weighted by Crippen LogP contribution is -2.42. The normalized spacial score (nSPS) is 17.7. The van der Waals surface area contributed by atoms with Crippen LogP contribution in [-0.2, 0) is 16.6 Å². The van der Waals surface area contributed by atoms with Gasteiger partial charge < -0.3 is 10.1 Å². The van der Waals surface area contributed by atoms with Crippen LogP contribution in [0.25, 0.3) is 0 Å². The minimum absolute atomic E-state index is 0.0252. The van der Waals surface area contributed by atoms with E-state index in [-0.39, 0.29) is 16.8 Å². The molecule has 1 N–H and O–H groups in total. The molecule has 0 spiro atoms. The molecule has 1 amide bonds. The summed E-state index contributed by atoms with van der Waals surface area (Å²) >= 11 is 0. The number of rotatable bonds is 6. The smallest absolute Gasteiger partial charge is 0.251 e. The van der Waals surface area contributed by atoms with E-state index in [9.17, 15) is 13.2 Å². The number of carbonyl (C=O) groups excluding carboxylic acids is 1. The highest BCUT2D eigenvalue weighted by atomic mass is 32.2. The van der Waals surface area contributed by atoms with E-state index < -0.39 is 10.0 Å². The summed E-state index contributed by atoms with van der Waals surface area (Å²) in [6.07, 6.45) is 2.77. The first-order valence-electron chi connectivity index (χ1n) is 9.86. The first kappa shape index (κ1) is 21.3. The molecule has 1 unspecified atom stereocenters. The molecule has 1 saturated heterocycles. The van der Waals surface area contributed by atoms with Crippen molar-refractivity contribution in [1.82, 2.24) is 9.62 Å². The van der Waals surface area contributed by atoms with Crippen LogP contribution in [0.5, 0.6) is 5.75 Å². The summed E-state index contributed by atoms with van der Waals surface area (Å²) in [5.74, 6) is 0.453. The molecule has 0 radical (unpaired) electrons. The van der Waals surface area contributed by atoms with Crippen LogP contribution >= 0.6 is 0 Å². The van der Waals surface area contributed by atoms with Gasteiger partial charge >= 0.3 is 0 Å². The van der Waals surface area contributed by atoms with E-state index in [4.69, 9.17) is 4.74 Å². The average molecular weight is 417 g/mol. The molecule has 0 saturated carbocycles. The Morgan fingerprint density at radius 3 is 2.72 bits per heavy atom. The molecule has 1 atom stereocenters. The number of benzene rings is 2. The quantitative estimate of drug-likeness (QED) is 0.782. The molecule has 0 bridgehead atoms. The number of piperidine rings is 1. The Labute approximate surface area is 172 Å². The van der Waals surface area contributed by atoms with E-state index in [0.717, 1.165) is 36.1 Å². The Balaban J connectivity index is 1.74. The molecule has 156 valence electrons. The van der Waals surface area contributed by atoms with Gasteiger partial charge in [0.1, 0.15) is 5.75 Å². The Morgan fingerprint density at radius 1 is 1.21 bits per heavy atom. The lowest BCUT2D eigenvalue weighted by molar-refractivity contribution is 0.0950. The number of methoxy groups -OCH3 is 1. The zero-order valence-electron chi connectivity index (χ0n) is 17.1. The second-order valence-electron chi connectivity index (χ2n) is 7.48. The van der Waals surface area contributed by atoms with Gasteiger partial charge in [-0.25, -0.2) is 8.42 Å². The third-order valence-electron chi connectivity index (χ3n) is 5.37. The lowest BCUT2D eigenvalue weighted by Gasteiger charge is -2.32. The van der Waals surface area contributed by atoms with Gasteiger partial charge in [-0.1, -0.05) is 24.6 Å². The maximum Gasteiger partial charge on any atom is 0.251 e. The standard InChI is InChI=1S/C22H28N2O4S/c1-16-10-11-18(13-21(16)28-3)15-23-22(25)19-8-6-9-20(14-19)29(26,27)24-12-5-4-7-17(24)2/h6,8-11,13-14,17H,4-5,7,12,15H2,1-3H3,(H,23,25). The molecule has 1 fully saturated rings. The molecule has 6 nitrogen and oxygen atoms in total. The van der Waals surface area contributed by atoms with E-state index in [1.165, 1.54) is 6.07 Å². The van der Waals surface area contributed by atoms with Crippen molar-refractivity contribution in [3.05, 3.63) is 59.2 Å². The van der Waals surface area contributed by atoms with Gasteiger partial charge in [-0.3, -0.25) is 4.79 Å². The monoisotopic (exact) mass is 416 g/mol. The van der Waals surface area contributed by atoms with Crippen LogP contribution in [0, 0.1) is 6.92 Å². The molecule has 1 aliphatic heterocycles. The molecule has 29 heavy (non-hydrogen) atoms. The van der Waals surface area contributed by atoms with Crippen molar-refractivity contribution in [3.8, 4) is 5.75 Å². The van der Waals surface area contributed by atoms with Crippen LogP contribution in [-0.4, -0.2) is 38.3 Å². The highest BCUT2D eigenvalue weighted by Crippen LogP contribution is 2.25. The summed E-state index contributed by atoms with van der Waals surface area (Å²) in [7, 11) is -2.00. The minimum atomic E-state index is -3.61. The molecule has 2 aromatic rings. The summed E-state index contributed by atoms with van der Waals surface area (Å²) in [4.78, 5) is 12.8. The fraction of sp³-hybridized carbons (Fsp3) is 0.409. The molecule has 3 rings (SSSR count). The van der Waals surface area contributed by atoms with E-state index in [2.05, 4.69) is 5.32 Å². The summed E-state index contributed by atoms with van der Waals surface area (Å²) in [5, 5.41) is 2.85. The van der Waals surface area contributed by atoms with Crippen LogP contribution in [0.2, 0.25) is 0 Å². The van der Waals surface area contributed by atoms with Crippen molar-refractivity contribution in [2.24, 2.45) is 0 Å². The van der Waals surface area contributed by atoms with Gasteiger partial charge in [0.25, 0.3) is 5.91 Å². The number of sulfonamides is 1. The fourth-order valence-electron chi connectivity index (χ4n) is 3.62. The molecule has 0 aliphatic carbocycles. The first-order chi connectivity index (χ1) is 13.8. The number of hydrogen-bond donors (Lipinski definition) is 1. The predicted molar refractivity (Wildman–Crippen MR) is 113 cm³/mol. The maximum absolute atomic E-state index is 13.0. The van der Waals surface area contributed by atoms with Gasteiger partial charge in [0.2, 0.25) is 10.0 Å². The first-order valence-corrected chi connectivity index (χ1v) is 11.3. The van der Waals surface area contributed by atoms with Gasteiger partial charge in [0, 0.05) is 24.7 Å². The molecular weight excluding hydrogens is 388 g/mol. The van der Waals surface area contributed by atoms with Gasteiger partial charge in [-0.05, 0) is 62.1 Å². The summed E-state index contributed by atoms with van der Waals surface area (Å²) < 4.78 is 32.9. The number of nitrogens with zero attached hydrogens (tertiary/aromatic N) is 1. The molecule has 7 heteroatoms. The van der Waals surface area contributed by atoms with Crippen LogP contribution < -0.4 is 10.1 Å². The summed E-state index contributed by atoms with van der Waals surface area (Å²) in [6.45, 7) is 4.74. The van der Waals surface area contributed by atoms with Crippen LogP contribution in [0.1, 0.15) is 47.7 Å². The number of carbonyl (C=O) groups is 1. The summed E-state index contributed by atoms with van der Waals surface area (Å²) in [5.41, 5.74) is 2.26. The van der Waals surface area contributed by atoms with Crippen LogP contribution in [0.3, 0.4) is 0 Å². The molecule has 0 aromatic heterocycles. The van der Waals surface area contributed by atoms with E-state index in [1.54, 1.807) is 29.6 Å². The third kappa shape index (κ3) is 4.79. The highest BCUT2D eigenvalue weighted by molar-refractivity contribution is 7.89. The minimum Gasteiger partial charge on any atom is -0.496 e. The number of hydrogen-bond acceptors (Lipinski definition) is 4. The average Bonchev–Trinajstić information content (AvgIpc) is 2.73. The third-order valence-corrected chi connectivity index (χ3v) is 7.38. The van der Waals surface area contributed by atoms with Crippen molar-refractivity contribution in [2.75, 3.05) is 13.7 Å². The Hall–Kier alpha value is -2.38. The van der Waals surface area contributed by atoms with Gasteiger partial charge in [-0.2, -0.15) is 4.31 Å². The number of nitrogens with one attached hydrogen (secondary N) is 1. The highest BCUT2D eigenvalue weighted by Gasteiger charge is 2.31. The number of amides is 1. The van der Waals surface area contributed by atoms with Gasteiger partial charge in [-0.15, -0.1) is 0 Å². The molecule has 1 aliphatic rings. The van der Waals surface area contributed by atoms with Crippen molar-refractivity contribution in [2.45, 2.75) is 50.6 Å². The topological polar surface area (TPSA) is 75.7 Å². The zero-order valence-corrected chi connectivity index (χ0v) is 18.0. The van der Waals surface area contributed by atoms with Crippen molar-refractivity contribution >= 4 is 15.9 Å².